The van der Waals surface area contributed by atoms with E-state index < -0.39 is 0 Å². The van der Waals surface area contributed by atoms with E-state index in [2.05, 4.69) is 25.4 Å². The fourth-order valence-corrected chi connectivity index (χ4v) is 3.44. The predicted octanol–water partition coefficient (Wildman–Crippen LogP) is 2.80. The van der Waals surface area contributed by atoms with Gasteiger partial charge in [-0.2, -0.15) is 4.98 Å². The van der Waals surface area contributed by atoms with E-state index >= 15 is 0 Å². The van der Waals surface area contributed by atoms with Crippen LogP contribution in [0.5, 0.6) is 5.75 Å². The maximum atomic E-state index is 13.0. The summed E-state index contributed by atoms with van der Waals surface area (Å²) in [5.74, 6) is 1.34. The number of ether oxygens (including phenoxy) is 1. The molecular formula is C23H23N7O2. The van der Waals surface area contributed by atoms with Gasteiger partial charge in [0, 0.05) is 24.2 Å². The molecule has 162 valence electrons. The molecule has 4 aromatic heterocycles. The number of carbonyl (C=O) groups is 1. The monoisotopic (exact) mass is 429 g/mol. The zero-order chi connectivity index (χ0) is 22.1. The molecule has 4 heterocycles. The van der Waals surface area contributed by atoms with Crippen LogP contribution in [0.25, 0.3) is 16.8 Å². The average molecular weight is 429 g/mol. The summed E-state index contributed by atoms with van der Waals surface area (Å²) in [6, 6.07) is 9.29. The highest BCUT2D eigenvalue weighted by Gasteiger charge is 2.22. The second-order valence-corrected chi connectivity index (χ2v) is 7.93. The zero-order valence-corrected chi connectivity index (χ0v) is 17.7. The largest absolute Gasteiger partial charge is 0.491 e. The van der Waals surface area contributed by atoms with E-state index in [0.29, 0.717) is 40.9 Å². The van der Waals surface area contributed by atoms with E-state index in [-0.39, 0.29) is 18.4 Å². The van der Waals surface area contributed by atoms with Gasteiger partial charge in [-0.15, -0.1) is 5.10 Å². The maximum Gasteiger partial charge on any atom is 0.253 e. The molecule has 9 heteroatoms. The molecule has 4 aromatic rings. The molecule has 0 spiro atoms. The number of hydrogen-bond acceptors (Lipinski definition) is 7. The van der Waals surface area contributed by atoms with E-state index in [9.17, 15) is 4.79 Å². The normalized spacial score (nSPS) is 13.3. The number of nitrogen functional groups attached to an aromatic ring is 1. The lowest BCUT2D eigenvalue weighted by Gasteiger charge is -2.12. The molecule has 9 nitrogen and oxygen atoms in total. The number of aromatic nitrogens is 5. The van der Waals surface area contributed by atoms with Gasteiger partial charge < -0.3 is 15.8 Å². The van der Waals surface area contributed by atoms with Crippen LogP contribution in [0, 0.1) is 12.8 Å². The van der Waals surface area contributed by atoms with E-state index in [1.807, 2.05) is 37.3 Å². The average Bonchev–Trinajstić information content (AvgIpc) is 3.55. The smallest absolute Gasteiger partial charge is 0.253 e. The number of anilines is 1. The van der Waals surface area contributed by atoms with Crippen molar-refractivity contribution in [2.45, 2.75) is 26.3 Å². The van der Waals surface area contributed by atoms with E-state index in [4.69, 9.17) is 10.5 Å². The SMILES string of the molecule is Cc1ncc(-c2ccn3nc(N)nc3c2)cc1C(=O)NCc1ncccc1OCC1CC1. The van der Waals surface area contributed by atoms with Crippen molar-refractivity contribution in [2.75, 3.05) is 12.3 Å². The number of aryl methyl sites for hydroxylation is 1. The second kappa shape index (κ2) is 8.26. The summed E-state index contributed by atoms with van der Waals surface area (Å²) >= 11 is 0. The standard InChI is InChI=1S/C23H23N7O2/c1-14-18(9-17(11-26-14)16-6-8-30-21(10-16)28-23(24)29-30)22(31)27-12-19-20(3-2-7-25-19)32-13-15-4-5-15/h2-3,6-11,15H,4-5,12-13H2,1H3,(H2,24,29)(H,27,31). The Kier molecular flexibility index (Phi) is 5.14. The zero-order valence-electron chi connectivity index (χ0n) is 17.7. The first-order valence-electron chi connectivity index (χ1n) is 10.5. The first-order valence-corrected chi connectivity index (χ1v) is 10.5. The third kappa shape index (κ3) is 4.22. The van der Waals surface area contributed by atoms with Gasteiger partial charge in [0.1, 0.15) is 11.4 Å². The Morgan fingerprint density at radius 3 is 2.97 bits per heavy atom. The molecule has 1 saturated carbocycles. The lowest BCUT2D eigenvalue weighted by molar-refractivity contribution is 0.0949. The molecule has 0 saturated heterocycles. The second-order valence-electron chi connectivity index (χ2n) is 7.93. The lowest BCUT2D eigenvalue weighted by Crippen LogP contribution is -2.25. The fraction of sp³-hybridized carbons (Fsp3) is 0.261. The number of nitrogens with one attached hydrogen (secondary N) is 1. The minimum atomic E-state index is -0.219. The Morgan fingerprint density at radius 1 is 1.25 bits per heavy atom. The number of nitrogens with two attached hydrogens (primary N) is 1. The lowest BCUT2D eigenvalue weighted by atomic mass is 10.0. The van der Waals surface area contributed by atoms with Gasteiger partial charge in [-0.3, -0.25) is 14.8 Å². The fourth-order valence-electron chi connectivity index (χ4n) is 3.44. The molecular weight excluding hydrogens is 406 g/mol. The molecule has 1 aliphatic rings. The van der Waals surface area contributed by atoms with E-state index in [1.165, 1.54) is 12.8 Å². The van der Waals surface area contributed by atoms with Gasteiger partial charge in [0.2, 0.25) is 5.95 Å². The number of pyridine rings is 3. The van der Waals surface area contributed by atoms with Gasteiger partial charge >= 0.3 is 0 Å². The first-order chi connectivity index (χ1) is 15.6. The molecule has 32 heavy (non-hydrogen) atoms. The Labute approximate surface area is 184 Å². The van der Waals surface area contributed by atoms with Gasteiger partial charge in [-0.1, -0.05) is 0 Å². The summed E-state index contributed by atoms with van der Waals surface area (Å²) in [7, 11) is 0. The minimum absolute atomic E-state index is 0.208. The first kappa shape index (κ1) is 19.9. The van der Waals surface area contributed by atoms with Crippen LogP contribution in [0.1, 0.15) is 34.6 Å². The Balaban J connectivity index is 1.33. The molecule has 0 aliphatic heterocycles. The Hall–Kier alpha value is -4.01. The van der Waals surface area contributed by atoms with Crippen molar-refractivity contribution in [1.82, 2.24) is 29.9 Å². The molecule has 0 atom stereocenters. The van der Waals surface area contributed by atoms with Crippen molar-refractivity contribution in [2.24, 2.45) is 5.92 Å². The Bertz CT molecular complexity index is 1300. The molecule has 0 unspecified atom stereocenters. The molecule has 1 aliphatic carbocycles. The van der Waals surface area contributed by atoms with Crippen LogP contribution < -0.4 is 15.8 Å². The van der Waals surface area contributed by atoms with Crippen LogP contribution in [0.15, 0.2) is 48.9 Å². The third-order valence-electron chi connectivity index (χ3n) is 5.46. The minimum Gasteiger partial charge on any atom is -0.491 e. The van der Waals surface area contributed by atoms with Gasteiger partial charge in [-0.25, -0.2) is 4.52 Å². The Morgan fingerprint density at radius 2 is 2.12 bits per heavy atom. The van der Waals surface area contributed by atoms with Crippen LogP contribution in [0.3, 0.4) is 0 Å². The van der Waals surface area contributed by atoms with Crippen LogP contribution in [-0.4, -0.2) is 37.1 Å². The molecule has 1 fully saturated rings. The van der Waals surface area contributed by atoms with Crippen LogP contribution in [0.4, 0.5) is 5.95 Å². The van der Waals surface area contributed by atoms with Crippen LogP contribution in [0.2, 0.25) is 0 Å². The van der Waals surface area contributed by atoms with E-state index in [0.717, 1.165) is 11.1 Å². The molecule has 0 aromatic carbocycles. The van der Waals surface area contributed by atoms with Crippen molar-refractivity contribution < 1.29 is 9.53 Å². The summed E-state index contributed by atoms with van der Waals surface area (Å²) in [6.45, 7) is 2.78. The summed E-state index contributed by atoms with van der Waals surface area (Å²) in [6.07, 6.45) is 7.64. The van der Waals surface area contributed by atoms with Crippen molar-refractivity contribution in [3.05, 3.63) is 65.9 Å². The number of amides is 1. The molecule has 0 radical (unpaired) electrons. The highest BCUT2D eigenvalue weighted by Crippen LogP contribution is 2.30. The summed E-state index contributed by atoms with van der Waals surface area (Å²) in [5.41, 5.74) is 9.81. The molecule has 5 rings (SSSR count). The summed E-state index contributed by atoms with van der Waals surface area (Å²) in [4.78, 5) is 26.0. The van der Waals surface area contributed by atoms with Gasteiger partial charge in [0.15, 0.2) is 5.65 Å². The number of rotatable bonds is 7. The van der Waals surface area contributed by atoms with Crippen molar-refractivity contribution in [3.8, 4) is 16.9 Å². The van der Waals surface area contributed by atoms with Crippen molar-refractivity contribution in [3.63, 3.8) is 0 Å². The molecule has 0 bridgehead atoms. The number of fused-ring (bicyclic) bond motifs is 1. The number of hydrogen-bond donors (Lipinski definition) is 2. The maximum absolute atomic E-state index is 13.0. The number of carbonyl (C=O) groups excluding carboxylic acids is 1. The highest BCUT2D eigenvalue weighted by atomic mass is 16.5. The van der Waals surface area contributed by atoms with Crippen LogP contribution in [-0.2, 0) is 6.54 Å². The van der Waals surface area contributed by atoms with E-state index in [1.54, 1.807) is 23.1 Å². The quantitative estimate of drug-likeness (QED) is 0.463. The van der Waals surface area contributed by atoms with Gasteiger partial charge in [-0.05, 0) is 61.6 Å². The predicted molar refractivity (Wildman–Crippen MR) is 119 cm³/mol. The van der Waals surface area contributed by atoms with Crippen molar-refractivity contribution in [1.29, 1.82) is 0 Å². The van der Waals surface area contributed by atoms with Crippen LogP contribution >= 0.6 is 0 Å². The third-order valence-corrected chi connectivity index (χ3v) is 5.46. The molecule has 3 N–H and O–H groups in total. The van der Waals surface area contributed by atoms with Crippen molar-refractivity contribution >= 4 is 17.5 Å². The van der Waals surface area contributed by atoms with Gasteiger partial charge in [0.05, 0.1) is 24.4 Å². The topological polar surface area (TPSA) is 120 Å². The number of nitrogens with zero attached hydrogens (tertiary/aromatic N) is 5. The summed E-state index contributed by atoms with van der Waals surface area (Å²) in [5, 5.41) is 7.03. The van der Waals surface area contributed by atoms with Gasteiger partial charge in [0.25, 0.3) is 5.91 Å². The highest BCUT2D eigenvalue weighted by molar-refractivity contribution is 5.96. The molecule has 1 amide bonds. The summed E-state index contributed by atoms with van der Waals surface area (Å²) < 4.78 is 7.49.